The van der Waals surface area contributed by atoms with E-state index in [1.165, 1.54) is 68.7 Å². The van der Waals surface area contributed by atoms with Gasteiger partial charge >= 0.3 is 0 Å². The van der Waals surface area contributed by atoms with Crippen LogP contribution < -0.4 is 0 Å². The molecule has 5 fully saturated rings. The van der Waals surface area contributed by atoms with Gasteiger partial charge in [0.1, 0.15) is 0 Å². The van der Waals surface area contributed by atoms with Gasteiger partial charge in [0.15, 0.2) is 0 Å². The smallest absolute Gasteiger partial charge is 0.0663 e. The van der Waals surface area contributed by atoms with Crippen molar-refractivity contribution in [1.82, 2.24) is 4.98 Å². The maximum atomic E-state index is 6.79. The topological polar surface area (TPSA) is 25.0 Å². The van der Waals surface area contributed by atoms with Gasteiger partial charge in [0.2, 0.25) is 0 Å². The van der Waals surface area contributed by atoms with Gasteiger partial charge < -0.3 is 9.72 Å². The van der Waals surface area contributed by atoms with E-state index in [2.05, 4.69) is 77.7 Å². The van der Waals surface area contributed by atoms with E-state index in [4.69, 9.17) is 4.74 Å². The normalized spacial score (nSPS) is 49.9. The van der Waals surface area contributed by atoms with E-state index in [-0.39, 0.29) is 5.41 Å². The molecule has 6 aliphatic rings. The van der Waals surface area contributed by atoms with Crippen molar-refractivity contribution in [3.05, 3.63) is 35.5 Å². The van der Waals surface area contributed by atoms with Gasteiger partial charge in [-0.25, -0.2) is 0 Å². The second-order valence-corrected chi connectivity index (χ2v) is 17.2. The van der Waals surface area contributed by atoms with Crippen molar-refractivity contribution in [3.8, 4) is 0 Å². The molecule has 1 N–H and O–H groups in total. The number of hydrogen-bond acceptors (Lipinski definition) is 1. The highest BCUT2D eigenvalue weighted by atomic mass is 16.5. The largest absolute Gasteiger partial charge is 0.377 e. The van der Waals surface area contributed by atoms with E-state index in [9.17, 15) is 0 Å². The first-order valence-electron chi connectivity index (χ1n) is 16.1. The second kappa shape index (κ2) is 7.13. The molecule has 0 radical (unpaired) electrons. The number of ether oxygens (including phenoxy) is 1. The first-order valence-corrected chi connectivity index (χ1v) is 16.1. The Morgan fingerprint density at radius 2 is 1.55 bits per heavy atom. The van der Waals surface area contributed by atoms with Crippen molar-refractivity contribution in [2.45, 2.75) is 118 Å². The summed E-state index contributed by atoms with van der Waals surface area (Å²) in [5.74, 6) is 3.18. The van der Waals surface area contributed by atoms with Gasteiger partial charge in [0.05, 0.1) is 12.7 Å². The average molecular weight is 514 g/mol. The lowest BCUT2D eigenvalue weighted by atomic mass is 9.31. The lowest BCUT2D eigenvalue weighted by molar-refractivity contribution is -0.232. The molecule has 4 saturated carbocycles. The maximum absolute atomic E-state index is 6.79. The Morgan fingerprint density at radius 3 is 2.37 bits per heavy atom. The monoisotopic (exact) mass is 513 g/mol. The summed E-state index contributed by atoms with van der Waals surface area (Å²) >= 11 is 0. The van der Waals surface area contributed by atoms with Gasteiger partial charge in [-0.05, 0) is 120 Å². The zero-order chi connectivity index (χ0) is 26.5. The molecule has 1 saturated heterocycles. The molecular formula is C36H51NO. The van der Waals surface area contributed by atoms with E-state index in [1.54, 1.807) is 11.3 Å². The summed E-state index contributed by atoms with van der Waals surface area (Å²) in [5.41, 5.74) is 6.76. The predicted octanol–water partition coefficient (Wildman–Crippen LogP) is 9.07. The Bertz CT molecular complexity index is 1320. The van der Waals surface area contributed by atoms with Crippen molar-refractivity contribution >= 4 is 10.9 Å². The van der Waals surface area contributed by atoms with Gasteiger partial charge in [0, 0.05) is 22.0 Å². The lowest BCUT2D eigenvalue weighted by Crippen LogP contribution is -2.67. The van der Waals surface area contributed by atoms with Crippen LogP contribution in [-0.2, 0) is 16.6 Å². The quantitative estimate of drug-likeness (QED) is 0.373. The number of nitrogens with one attached hydrogen (secondary N) is 1. The Balaban J connectivity index is 1.23. The van der Waals surface area contributed by atoms with Crippen molar-refractivity contribution in [2.24, 2.45) is 50.7 Å². The Morgan fingerprint density at radius 1 is 0.789 bits per heavy atom. The van der Waals surface area contributed by atoms with Crippen molar-refractivity contribution < 1.29 is 4.74 Å². The number of aromatic amines is 1. The van der Waals surface area contributed by atoms with Gasteiger partial charge in [0.25, 0.3) is 0 Å². The number of hydrogen-bond donors (Lipinski definition) is 1. The van der Waals surface area contributed by atoms with E-state index < -0.39 is 0 Å². The minimum atomic E-state index is 0.192. The Hall–Kier alpha value is -1.28. The molecule has 5 aliphatic carbocycles. The molecule has 38 heavy (non-hydrogen) atoms. The van der Waals surface area contributed by atoms with E-state index in [1.807, 2.05) is 0 Å². The van der Waals surface area contributed by atoms with Crippen LogP contribution in [0.5, 0.6) is 0 Å². The zero-order valence-corrected chi connectivity index (χ0v) is 25.2. The fraction of sp³-hybridized carbons (Fsp3) is 0.778. The van der Waals surface area contributed by atoms with Gasteiger partial charge in [-0.2, -0.15) is 0 Å². The van der Waals surface area contributed by atoms with Gasteiger partial charge in [-0.1, -0.05) is 66.7 Å². The highest BCUT2D eigenvalue weighted by molar-refractivity contribution is 5.85. The SMILES string of the molecule is CC1(C)CC[C@]23CC[C@]4(C)[C@H](CC[C@@H]5[C@@]6(C)Cc7c([nH]c8ccccc78)C(C)(C)[C@@H]6CC[C@]54C)[C@H]2[C@H]1OC3. The standard InChI is InChI=1S/C36H51NO/c1-31(2)16-18-36-19-17-34(6)24(28(36)30(31)38-21-36)12-13-27-33(5)20-23-22-10-8-9-11-25(22)37-29(23)32(3,4)26(33)14-15-35(27,34)7/h8-11,24,26-28,30,37H,12-21H2,1-7H3/t24-,26+,27-,28+,30-,33+,34-,35-,36-/m1/s1. The summed E-state index contributed by atoms with van der Waals surface area (Å²) in [6, 6.07) is 9.12. The van der Waals surface area contributed by atoms with Gasteiger partial charge in [-0.3, -0.25) is 0 Å². The first kappa shape index (κ1) is 24.5. The molecule has 1 aromatic heterocycles. The molecule has 0 amide bonds. The second-order valence-electron chi connectivity index (χ2n) is 17.2. The predicted molar refractivity (Wildman–Crippen MR) is 156 cm³/mol. The lowest BCUT2D eigenvalue weighted by Gasteiger charge is -2.73. The number of benzene rings is 1. The minimum absolute atomic E-state index is 0.192. The first-order chi connectivity index (χ1) is 17.9. The molecule has 2 heterocycles. The number of fused-ring (bicyclic) bond motifs is 8. The van der Waals surface area contributed by atoms with Crippen LogP contribution in [0.4, 0.5) is 0 Å². The summed E-state index contributed by atoms with van der Waals surface area (Å²) in [6.07, 6.45) is 13.0. The van der Waals surface area contributed by atoms with Crippen LogP contribution in [0, 0.1) is 50.7 Å². The molecule has 0 unspecified atom stereocenters. The van der Waals surface area contributed by atoms with Crippen molar-refractivity contribution in [3.63, 3.8) is 0 Å². The molecule has 2 bridgehead atoms. The molecule has 2 heteroatoms. The van der Waals surface area contributed by atoms with Gasteiger partial charge in [-0.15, -0.1) is 0 Å². The number of H-pyrrole nitrogens is 1. The maximum Gasteiger partial charge on any atom is 0.0663 e. The molecule has 1 aromatic carbocycles. The Labute approximate surface area is 231 Å². The summed E-state index contributed by atoms with van der Waals surface area (Å²) < 4.78 is 6.79. The molecule has 2 nitrogen and oxygen atoms in total. The van der Waals surface area contributed by atoms with Crippen molar-refractivity contribution in [2.75, 3.05) is 6.61 Å². The summed E-state index contributed by atoms with van der Waals surface area (Å²) in [4.78, 5) is 3.93. The van der Waals surface area contributed by atoms with Crippen LogP contribution in [0.1, 0.15) is 111 Å². The van der Waals surface area contributed by atoms with Crippen LogP contribution in [0.3, 0.4) is 0 Å². The average Bonchev–Trinajstić information content (AvgIpc) is 3.40. The third-order valence-electron chi connectivity index (χ3n) is 15.3. The molecule has 0 spiro atoms. The third kappa shape index (κ3) is 2.62. The minimum Gasteiger partial charge on any atom is -0.377 e. The van der Waals surface area contributed by atoms with Crippen LogP contribution in [0.2, 0.25) is 0 Å². The molecule has 9 atom stereocenters. The van der Waals surface area contributed by atoms with E-state index in [0.717, 1.165) is 30.3 Å². The van der Waals surface area contributed by atoms with Crippen LogP contribution in [0.25, 0.3) is 10.9 Å². The number of aromatic nitrogens is 1. The fourth-order valence-electron chi connectivity index (χ4n) is 13.3. The summed E-state index contributed by atoms with van der Waals surface area (Å²) in [7, 11) is 0. The number of rotatable bonds is 0. The van der Waals surface area contributed by atoms with Crippen LogP contribution in [-0.4, -0.2) is 17.7 Å². The van der Waals surface area contributed by atoms with Crippen molar-refractivity contribution in [1.29, 1.82) is 0 Å². The van der Waals surface area contributed by atoms with E-state index in [0.29, 0.717) is 33.2 Å². The van der Waals surface area contributed by atoms with Crippen LogP contribution >= 0.6 is 0 Å². The third-order valence-corrected chi connectivity index (χ3v) is 15.3. The van der Waals surface area contributed by atoms with Crippen LogP contribution in [0.15, 0.2) is 24.3 Å². The molecule has 1 aliphatic heterocycles. The van der Waals surface area contributed by atoms with E-state index >= 15 is 0 Å². The number of para-hydroxylation sites is 1. The molecule has 206 valence electrons. The highest BCUT2D eigenvalue weighted by Gasteiger charge is 2.72. The molecular weight excluding hydrogens is 462 g/mol. The highest BCUT2D eigenvalue weighted by Crippen LogP contribution is 2.77. The fourth-order valence-corrected chi connectivity index (χ4v) is 13.3. The zero-order valence-electron chi connectivity index (χ0n) is 25.2. The summed E-state index contributed by atoms with van der Waals surface area (Å²) in [6.45, 7) is 19.5. The summed E-state index contributed by atoms with van der Waals surface area (Å²) in [5, 5.41) is 1.49. The molecule has 2 aromatic rings. The molecule has 8 rings (SSSR count). The Kier molecular flexibility index (Phi) is 4.60.